The van der Waals surface area contributed by atoms with Gasteiger partial charge in [0.25, 0.3) is 5.91 Å². The average Bonchev–Trinajstić information content (AvgIpc) is 2.46. The summed E-state index contributed by atoms with van der Waals surface area (Å²) in [5.41, 5.74) is 0.131. The summed E-state index contributed by atoms with van der Waals surface area (Å²) in [7, 11) is 1.28. The number of nitrogens with one attached hydrogen (secondary N) is 1. The van der Waals surface area contributed by atoms with Gasteiger partial charge >= 0.3 is 5.97 Å². The van der Waals surface area contributed by atoms with Crippen LogP contribution in [0.3, 0.4) is 0 Å². The Morgan fingerprint density at radius 1 is 1.30 bits per heavy atom. The second-order valence-electron chi connectivity index (χ2n) is 4.08. The molecule has 5 nitrogen and oxygen atoms in total. The van der Waals surface area contributed by atoms with E-state index in [1.54, 1.807) is 6.07 Å². The topological polar surface area (TPSA) is 68.3 Å². The van der Waals surface area contributed by atoms with Gasteiger partial charge in [-0.25, -0.2) is 4.39 Å². The highest BCUT2D eigenvalue weighted by Gasteiger charge is 2.13. The van der Waals surface area contributed by atoms with Crippen molar-refractivity contribution in [1.82, 2.24) is 10.3 Å². The van der Waals surface area contributed by atoms with Gasteiger partial charge in [-0.3, -0.25) is 14.6 Å². The monoisotopic (exact) mass is 276 g/mol. The van der Waals surface area contributed by atoms with Gasteiger partial charge in [0.1, 0.15) is 11.5 Å². The molecule has 1 heterocycles. The maximum atomic E-state index is 13.6. The highest BCUT2D eigenvalue weighted by molar-refractivity contribution is 6.05. The van der Waals surface area contributed by atoms with E-state index in [-0.39, 0.29) is 18.7 Å². The number of aromatic nitrogens is 1. The molecule has 0 saturated heterocycles. The zero-order valence-electron chi connectivity index (χ0n) is 10.9. The fourth-order valence-corrected chi connectivity index (χ4v) is 1.81. The number of fused-ring (bicyclic) bond motifs is 1. The van der Waals surface area contributed by atoms with Gasteiger partial charge in [0, 0.05) is 23.5 Å². The highest BCUT2D eigenvalue weighted by atomic mass is 19.1. The predicted molar refractivity (Wildman–Crippen MR) is 70.7 cm³/mol. The maximum Gasteiger partial charge on any atom is 0.307 e. The molecule has 0 aliphatic heterocycles. The molecule has 0 unspecified atom stereocenters. The molecule has 2 aromatic rings. The van der Waals surface area contributed by atoms with E-state index >= 15 is 0 Å². The van der Waals surface area contributed by atoms with Crippen LogP contribution in [-0.4, -0.2) is 30.5 Å². The fourth-order valence-electron chi connectivity index (χ4n) is 1.81. The Labute approximate surface area is 114 Å². The first-order valence-corrected chi connectivity index (χ1v) is 6.01. The van der Waals surface area contributed by atoms with Crippen LogP contribution in [-0.2, 0) is 9.53 Å². The highest BCUT2D eigenvalue weighted by Crippen LogP contribution is 2.19. The van der Waals surface area contributed by atoms with Crippen LogP contribution in [0.2, 0.25) is 0 Å². The molecule has 1 aromatic heterocycles. The molecule has 104 valence electrons. The molecule has 1 aromatic carbocycles. The lowest BCUT2D eigenvalue weighted by Crippen LogP contribution is -2.27. The van der Waals surface area contributed by atoms with Crippen molar-refractivity contribution in [3.8, 4) is 0 Å². The Balaban J connectivity index is 2.18. The predicted octanol–water partition coefficient (Wildman–Crippen LogP) is 1.67. The summed E-state index contributed by atoms with van der Waals surface area (Å²) < 4.78 is 18.1. The second-order valence-corrected chi connectivity index (χ2v) is 4.08. The van der Waals surface area contributed by atoms with Crippen molar-refractivity contribution in [2.45, 2.75) is 6.42 Å². The SMILES string of the molecule is COC(=O)CCNC(=O)c1nccc2c(F)cccc12. The number of hydrogen-bond donors (Lipinski definition) is 1. The summed E-state index contributed by atoms with van der Waals surface area (Å²) in [6.07, 6.45) is 1.45. The Bertz CT molecular complexity index is 658. The van der Waals surface area contributed by atoms with Gasteiger partial charge in [0.05, 0.1) is 13.5 Å². The van der Waals surface area contributed by atoms with E-state index in [1.165, 1.54) is 31.5 Å². The van der Waals surface area contributed by atoms with Crippen molar-refractivity contribution in [2.75, 3.05) is 13.7 Å². The third-order valence-corrected chi connectivity index (χ3v) is 2.81. The molecule has 0 saturated carbocycles. The van der Waals surface area contributed by atoms with E-state index < -0.39 is 17.7 Å². The number of pyridine rings is 1. The molecule has 0 spiro atoms. The number of rotatable bonds is 4. The largest absolute Gasteiger partial charge is 0.469 e. The standard InChI is InChI=1S/C14H13FN2O3/c1-20-12(18)6-8-17-14(19)13-10-3-2-4-11(15)9(10)5-7-16-13/h2-5,7H,6,8H2,1H3,(H,17,19). The number of halogens is 1. The van der Waals surface area contributed by atoms with Gasteiger partial charge in [0.2, 0.25) is 0 Å². The van der Waals surface area contributed by atoms with Crippen LogP contribution in [0.5, 0.6) is 0 Å². The Morgan fingerprint density at radius 2 is 2.10 bits per heavy atom. The Hall–Kier alpha value is -2.50. The molecular formula is C14H13FN2O3. The first kappa shape index (κ1) is 13.9. The van der Waals surface area contributed by atoms with Crippen LogP contribution in [0.1, 0.15) is 16.9 Å². The number of amides is 1. The zero-order valence-corrected chi connectivity index (χ0v) is 10.9. The van der Waals surface area contributed by atoms with Crippen molar-refractivity contribution in [2.24, 2.45) is 0 Å². The number of nitrogens with zero attached hydrogens (tertiary/aromatic N) is 1. The van der Waals surface area contributed by atoms with Crippen LogP contribution in [0.25, 0.3) is 10.8 Å². The van der Waals surface area contributed by atoms with E-state index in [9.17, 15) is 14.0 Å². The van der Waals surface area contributed by atoms with Crippen LogP contribution in [0, 0.1) is 5.82 Å². The number of carbonyl (C=O) groups is 2. The van der Waals surface area contributed by atoms with Crippen LogP contribution < -0.4 is 5.32 Å². The van der Waals surface area contributed by atoms with Gasteiger partial charge < -0.3 is 10.1 Å². The molecule has 6 heteroatoms. The first-order chi connectivity index (χ1) is 9.63. The maximum absolute atomic E-state index is 13.6. The minimum absolute atomic E-state index is 0.0708. The minimum atomic E-state index is -0.454. The Morgan fingerprint density at radius 3 is 2.85 bits per heavy atom. The number of hydrogen-bond acceptors (Lipinski definition) is 4. The summed E-state index contributed by atoms with van der Waals surface area (Å²) in [6.45, 7) is 0.138. The summed E-state index contributed by atoms with van der Waals surface area (Å²) in [5.74, 6) is -1.28. The van der Waals surface area contributed by atoms with Crippen LogP contribution in [0.15, 0.2) is 30.5 Å². The number of esters is 1. The lowest BCUT2D eigenvalue weighted by Gasteiger charge is -2.07. The molecule has 2 rings (SSSR count). The summed E-state index contributed by atoms with van der Waals surface area (Å²) in [6, 6.07) is 5.97. The van der Waals surface area contributed by atoms with Gasteiger partial charge in [-0.2, -0.15) is 0 Å². The number of methoxy groups -OCH3 is 1. The normalized spacial score (nSPS) is 10.3. The quantitative estimate of drug-likeness (QED) is 0.862. The van der Waals surface area contributed by atoms with E-state index in [2.05, 4.69) is 15.0 Å². The van der Waals surface area contributed by atoms with Crippen molar-refractivity contribution in [1.29, 1.82) is 0 Å². The molecule has 1 amide bonds. The Kier molecular flexibility index (Phi) is 4.24. The van der Waals surface area contributed by atoms with Crippen molar-refractivity contribution in [3.63, 3.8) is 0 Å². The summed E-state index contributed by atoms with van der Waals surface area (Å²) in [4.78, 5) is 26.9. The third-order valence-electron chi connectivity index (χ3n) is 2.81. The molecule has 1 N–H and O–H groups in total. The lowest BCUT2D eigenvalue weighted by molar-refractivity contribution is -0.140. The van der Waals surface area contributed by atoms with E-state index in [1.807, 2.05) is 0 Å². The molecule has 0 aliphatic rings. The lowest BCUT2D eigenvalue weighted by atomic mass is 10.1. The van der Waals surface area contributed by atoms with Crippen molar-refractivity contribution in [3.05, 3.63) is 42.0 Å². The molecular weight excluding hydrogens is 263 g/mol. The minimum Gasteiger partial charge on any atom is -0.469 e. The number of ether oxygens (including phenoxy) is 1. The van der Waals surface area contributed by atoms with Gasteiger partial charge in [-0.1, -0.05) is 12.1 Å². The van der Waals surface area contributed by atoms with Crippen LogP contribution in [0.4, 0.5) is 4.39 Å². The first-order valence-electron chi connectivity index (χ1n) is 6.01. The molecule has 20 heavy (non-hydrogen) atoms. The van der Waals surface area contributed by atoms with Crippen molar-refractivity contribution >= 4 is 22.6 Å². The van der Waals surface area contributed by atoms with Gasteiger partial charge in [0.15, 0.2) is 0 Å². The van der Waals surface area contributed by atoms with Gasteiger partial charge in [-0.15, -0.1) is 0 Å². The van der Waals surface area contributed by atoms with Gasteiger partial charge in [-0.05, 0) is 12.1 Å². The zero-order chi connectivity index (χ0) is 14.5. The molecule has 0 radical (unpaired) electrons. The van der Waals surface area contributed by atoms with E-state index in [4.69, 9.17) is 0 Å². The number of benzene rings is 1. The molecule has 0 fully saturated rings. The third kappa shape index (κ3) is 2.90. The summed E-state index contributed by atoms with van der Waals surface area (Å²) in [5, 5.41) is 3.32. The summed E-state index contributed by atoms with van der Waals surface area (Å²) >= 11 is 0. The fraction of sp³-hybridized carbons (Fsp3) is 0.214. The second kappa shape index (κ2) is 6.10. The molecule has 0 aliphatic carbocycles. The van der Waals surface area contributed by atoms with Crippen LogP contribution >= 0.6 is 0 Å². The smallest absolute Gasteiger partial charge is 0.307 e. The van der Waals surface area contributed by atoms with E-state index in [0.29, 0.717) is 10.8 Å². The average molecular weight is 276 g/mol. The molecule has 0 atom stereocenters. The van der Waals surface area contributed by atoms with E-state index in [0.717, 1.165) is 0 Å². The number of carbonyl (C=O) groups excluding carboxylic acids is 2. The molecule has 0 bridgehead atoms. The van der Waals surface area contributed by atoms with Crippen molar-refractivity contribution < 1.29 is 18.7 Å².